The zero-order valence-electron chi connectivity index (χ0n) is 10.7. The van der Waals surface area contributed by atoms with E-state index in [1.165, 1.54) is 25.7 Å². The molecule has 4 nitrogen and oxygen atoms in total. The van der Waals surface area contributed by atoms with Gasteiger partial charge in [-0.1, -0.05) is 38.5 Å². The Labute approximate surface area is 143 Å². The van der Waals surface area contributed by atoms with Crippen LogP contribution < -0.4 is 69.6 Å². The van der Waals surface area contributed by atoms with Gasteiger partial charge >= 0.3 is 59.1 Å². The largest absolute Gasteiger partial charge is 1.00 e. The Morgan fingerprint density at radius 3 is 1.00 bits per heavy atom. The van der Waals surface area contributed by atoms with Gasteiger partial charge in [0.1, 0.15) is 0 Å². The summed E-state index contributed by atoms with van der Waals surface area (Å²) >= 11 is 0. The van der Waals surface area contributed by atoms with E-state index in [0.29, 0.717) is 13.2 Å². The maximum atomic E-state index is 9.63. The molecule has 0 aliphatic carbocycles. The Hall–Kier alpha value is 1.84. The van der Waals surface area contributed by atoms with Crippen LogP contribution in [0.3, 0.4) is 0 Å². The van der Waals surface area contributed by atoms with Crippen LogP contribution in [0.25, 0.3) is 0 Å². The van der Waals surface area contributed by atoms with E-state index in [1.807, 2.05) is 0 Å². The van der Waals surface area contributed by atoms with Gasteiger partial charge in [-0.3, -0.25) is 0 Å². The molecule has 0 aromatic rings. The predicted molar refractivity (Wildman–Crippen MR) is 48.8 cm³/mol. The molecule has 0 heterocycles. The molecule has 0 fully saturated rings. The Bertz CT molecular complexity index is 94.8. The third kappa shape index (κ3) is 21.2. The minimum absolute atomic E-state index is 0. The number of rotatable bonds is 11. The van der Waals surface area contributed by atoms with Crippen LogP contribution in [0.5, 0.6) is 0 Å². The molecule has 0 atom stereocenters. The van der Waals surface area contributed by atoms with Gasteiger partial charge in [-0.2, -0.15) is 0 Å². The van der Waals surface area contributed by atoms with Crippen molar-refractivity contribution in [1.82, 2.24) is 0 Å². The summed E-state index contributed by atoms with van der Waals surface area (Å²) < 4.78 is 0. The standard InChI is InChI=1S/C10H22O4.2Na/c11-13-9-7-5-3-1-2-4-6-8-10-14-12;;/h11-12H,1-10H2;;/q;2*+1/p-2. The molecule has 0 spiro atoms. The van der Waals surface area contributed by atoms with Gasteiger partial charge in [-0.05, 0) is 12.8 Å². The van der Waals surface area contributed by atoms with Gasteiger partial charge in [-0.25, -0.2) is 0 Å². The molecular formula is C10H20Na2O4. The van der Waals surface area contributed by atoms with Crippen LogP contribution >= 0.6 is 0 Å². The SMILES string of the molecule is [Na+].[Na+].[O-]OCCCCCCCCCCO[O-]. The zero-order chi connectivity index (χ0) is 10.5. The van der Waals surface area contributed by atoms with Crippen LogP contribution in [-0.2, 0) is 9.78 Å². The molecule has 0 aromatic carbocycles. The van der Waals surface area contributed by atoms with Crippen molar-refractivity contribution in [1.29, 1.82) is 0 Å². The van der Waals surface area contributed by atoms with E-state index in [-0.39, 0.29) is 59.1 Å². The fraction of sp³-hybridized carbons (Fsp3) is 1.00. The second-order valence-corrected chi connectivity index (χ2v) is 3.47. The smallest absolute Gasteiger partial charge is 0.723 e. The van der Waals surface area contributed by atoms with Crippen molar-refractivity contribution in [3.8, 4) is 0 Å². The Morgan fingerprint density at radius 1 is 0.500 bits per heavy atom. The summed E-state index contributed by atoms with van der Waals surface area (Å²) in [7, 11) is 0. The summed E-state index contributed by atoms with van der Waals surface area (Å²) in [5.41, 5.74) is 0. The molecule has 0 saturated carbocycles. The van der Waals surface area contributed by atoms with Crippen molar-refractivity contribution < 1.29 is 79.4 Å². The van der Waals surface area contributed by atoms with Gasteiger partial charge in [0, 0.05) is 13.2 Å². The molecular weight excluding hydrogens is 230 g/mol. The van der Waals surface area contributed by atoms with Crippen LogP contribution in [0.1, 0.15) is 51.4 Å². The molecule has 0 saturated heterocycles. The number of hydrogen-bond donors (Lipinski definition) is 0. The maximum absolute atomic E-state index is 9.63. The minimum Gasteiger partial charge on any atom is -0.723 e. The van der Waals surface area contributed by atoms with Crippen molar-refractivity contribution in [3.63, 3.8) is 0 Å². The van der Waals surface area contributed by atoms with Crippen molar-refractivity contribution in [2.45, 2.75) is 51.4 Å². The summed E-state index contributed by atoms with van der Waals surface area (Å²) in [5, 5.41) is 19.3. The monoisotopic (exact) mass is 250 g/mol. The van der Waals surface area contributed by atoms with E-state index >= 15 is 0 Å². The third-order valence-corrected chi connectivity index (χ3v) is 2.21. The van der Waals surface area contributed by atoms with Crippen LogP contribution in [0.4, 0.5) is 0 Å². The number of unbranched alkanes of at least 4 members (excludes halogenated alkanes) is 7. The number of hydrogen-bond acceptors (Lipinski definition) is 4. The average Bonchev–Trinajstić information content (AvgIpc) is 2.21. The van der Waals surface area contributed by atoms with Crippen molar-refractivity contribution in [2.24, 2.45) is 0 Å². The van der Waals surface area contributed by atoms with E-state index in [9.17, 15) is 10.5 Å². The Balaban J connectivity index is -0.000000845. The first-order valence-corrected chi connectivity index (χ1v) is 5.41. The van der Waals surface area contributed by atoms with Crippen LogP contribution in [0.15, 0.2) is 0 Å². The van der Waals surface area contributed by atoms with Gasteiger partial charge in [0.15, 0.2) is 0 Å². The second-order valence-electron chi connectivity index (χ2n) is 3.47. The first-order chi connectivity index (χ1) is 6.91. The summed E-state index contributed by atoms with van der Waals surface area (Å²) in [6.07, 6.45) is 8.63. The van der Waals surface area contributed by atoms with Crippen LogP contribution in [0, 0.1) is 0 Å². The first-order valence-electron chi connectivity index (χ1n) is 5.41. The molecule has 6 heteroatoms. The molecule has 86 valence electrons. The van der Waals surface area contributed by atoms with E-state index in [2.05, 4.69) is 9.78 Å². The van der Waals surface area contributed by atoms with Crippen molar-refractivity contribution in [3.05, 3.63) is 0 Å². The third-order valence-electron chi connectivity index (χ3n) is 2.21. The van der Waals surface area contributed by atoms with Crippen molar-refractivity contribution >= 4 is 0 Å². The summed E-state index contributed by atoms with van der Waals surface area (Å²) in [6, 6.07) is 0. The Morgan fingerprint density at radius 2 is 0.750 bits per heavy atom. The van der Waals surface area contributed by atoms with Gasteiger partial charge in [0.05, 0.1) is 0 Å². The molecule has 0 aromatic heterocycles. The molecule has 0 unspecified atom stereocenters. The fourth-order valence-corrected chi connectivity index (χ4v) is 1.38. The molecule has 0 N–H and O–H groups in total. The average molecular weight is 250 g/mol. The van der Waals surface area contributed by atoms with Crippen LogP contribution in [-0.4, -0.2) is 13.2 Å². The molecule has 0 aliphatic heterocycles. The Kier molecular flexibility index (Phi) is 31.7. The second kappa shape index (κ2) is 22.1. The van der Waals surface area contributed by atoms with Gasteiger partial charge < -0.3 is 20.3 Å². The molecule has 0 amide bonds. The van der Waals surface area contributed by atoms with Crippen molar-refractivity contribution in [2.75, 3.05) is 13.2 Å². The fourth-order valence-electron chi connectivity index (χ4n) is 1.38. The summed E-state index contributed by atoms with van der Waals surface area (Å²) in [5.74, 6) is 0. The van der Waals surface area contributed by atoms with E-state index < -0.39 is 0 Å². The van der Waals surface area contributed by atoms with E-state index in [4.69, 9.17) is 0 Å². The van der Waals surface area contributed by atoms with Crippen LogP contribution in [0.2, 0.25) is 0 Å². The topological polar surface area (TPSA) is 64.6 Å². The molecule has 0 aliphatic rings. The normalized spacial score (nSPS) is 9.38. The molecule has 0 bridgehead atoms. The quantitative estimate of drug-likeness (QED) is 0.159. The molecule has 0 radical (unpaired) electrons. The van der Waals surface area contributed by atoms with E-state index in [1.54, 1.807) is 0 Å². The van der Waals surface area contributed by atoms with Gasteiger partial charge in [0.2, 0.25) is 0 Å². The van der Waals surface area contributed by atoms with Gasteiger partial charge in [-0.15, -0.1) is 0 Å². The van der Waals surface area contributed by atoms with Gasteiger partial charge in [0.25, 0.3) is 0 Å². The molecule has 0 rings (SSSR count). The molecule has 16 heavy (non-hydrogen) atoms. The van der Waals surface area contributed by atoms with E-state index in [0.717, 1.165) is 25.7 Å². The minimum atomic E-state index is 0. The maximum Gasteiger partial charge on any atom is 1.00 e. The zero-order valence-corrected chi connectivity index (χ0v) is 14.7. The first kappa shape index (κ1) is 23.0. The summed E-state index contributed by atoms with van der Waals surface area (Å²) in [6.45, 7) is 0.668. The predicted octanol–water partition coefficient (Wildman–Crippen LogP) is -5.30. The summed E-state index contributed by atoms with van der Waals surface area (Å²) in [4.78, 5) is 7.44.